The second kappa shape index (κ2) is 7.02. The van der Waals surface area contributed by atoms with Gasteiger partial charge in [-0.25, -0.2) is 4.98 Å². The van der Waals surface area contributed by atoms with E-state index in [1.165, 1.54) is 0 Å². The van der Waals surface area contributed by atoms with Gasteiger partial charge in [0.25, 0.3) is 5.56 Å². The fourth-order valence-corrected chi connectivity index (χ4v) is 3.59. The Balaban J connectivity index is 1.43. The van der Waals surface area contributed by atoms with E-state index in [0.717, 1.165) is 36.9 Å². The number of nitrogens with one attached hydrogen (secondary N) is 1. The Morgan fingerprint density at radius 3 is 2.56 bits per heavy atom. The fraction of sp³-hybridized carbons (Fsp3) is 0.294. The Labute approximate surface area is 149 Å². The Morgan fingerprint density at radius 1 is 1.04 bits per heavy atom. The third-order valence-corrected chi connectivity index (χ3v) is 5.10. The molecule has 4 heterocycles. The number of anilines is 2. The van der Waals surface area contributed by atoms with E-state index in [2.05, 4.69) is 30.0 Å². The Morgan fingerprint density at radius 2 is 1.88 bits per heavy atom. The summed E-state index contributed by atoms with van der Waals surface area (Å²) in [4.78, 5) is 25.0. The van der Waals surface area contributed by atoms with Crippen molar-refractivity contribution in [1.82, 2.24) is 20.2 Å². The summed E-state index contributed by atoms with van der Waals surface area (Å²) in [5.41, 5.74) is 0.295. The lowest BCUT2D eigenvalue weighted by Gasteiger charge is -2.35. The molecular formula is C17H18N6OS. The molecule has 0 unspecified atom stereocenters. The normalized spacial score (nSPS) is 14.7. The summed E-state index contributed by atoms with van der Waals surface area (Å²) in [6.45, 7) is 3.20. The van der Waals surface area contributed by atoms with E-state index in [1.54, 1.807) is 17.5 Å². The van der Waals surface area contributed by atoms with Crippen molar-refractivity contribution in [3.05, 3.63) is 62.8 Å². The van der Waals surface area contributed by atoms with E-state index in [-0.39, 0.29) is 5.56 Å². The maximum absolute atomic E-state index is 12.3. The van der Waals surface area contributed by atoms with Crippen LogP contribution < -0.4 is 15.4 Å². The standard InChI is InChI=1S/C17H18N6OS/c24-16-14(12-13-4-3-11-25-13)20-21-17(19-16)23-9-7-22(8-10-23)15-5-1-2-6-18-15/h1-6,11H,7-10,12H2,(H,19,21,24). The molecule has 8 heteroatoms. The summed E-state index contributed by atoms with van der Waals surface area (Å²) in [5, 5.41) is 10.4. The first-order valence-electron chi connectivity index (χ1n) is 8.19. The Hall–Kier alpha value is -2.74. The van der Waals surface area contributed by atoms with Gasteiger partial charge in [0.15, 0.2) is 0 Å². The summed E-state index contributed by atoms with van der Waals surface area (Å²) >= 11 is 1.61. The zero-order chi connectivity index (χ0) is 17.1. The summed E-state index contributed by atoms with van der Waals surface area (Å²) in [6.07, 6.45) is 2.32. The van der Waals surface area contributed by atoms with Crippen LogP contribution in [0.4, 0.5) is 11.8 Å². The van der Waals surface area contributed by atoms with E-state index in [1.807, 2.05) is 35.7 Å². The predicted molar refractivity (Wildman–Crippen MR) is 98.4 cm³/mol. The van der Waals surface area contributed by atoms with Crippen molar-refractivity contribution >= 4 is 23.1 Å². The maximum atomic E-state index is 12.3. The minimum atomic E-state index is -0.162. The van der Waals surface area contributed by atoms with Crippen molar-refractivity contribution < 1.29 is 0 Å². The van der Waals surface area contributed by atoms with Gasteiger partial charge in [-0.1, -0.05) is 12.1 Å². The smallest absolute Gasteiger partial charge is 0.274 e. The van der Waals surface area contributed by atoms with Gasteiger partial charge in [-0.05, 0) is 23.6 Å². The van der Waals surface area contributed by atoms with Crippen LogP contribution in [-0.4, -0.2) is 46.3 Å². The van der Waals surface area contributed by atoms with Gasteiger partial charge in [0.1, 0.15) is 11.5 Å². The highest BCUT2D eigenvalue weighted by molar-refractivity contribution is 7.09. The minimum absolute atomic E-state index is 0.162. The van der Waals surface area contributed by atoms with Crippen molar-refractivity contribution in [3.8, 4) is 0 Å². The summed E-state index contributed by atoms with van der Waals surface area (Å²) < 4.78 is 0. The average Bonchev–Trinajstić information content (AvgIpc) is 3.17. The van der Waals surface area contributed by atoms with Crippen molar-refractivity contribution in [2.45, 2.75) is 6.42 Å². The molecule has 7 nitrogen and oxygen atoms in total. The molecule has 0 aromatic carbocycles. The highest BCUT2D eigenvalue weighted by atomic mass is 32.1. The minimum Gasteiger partial charge on any atom is -0.353 e. The third kappa shape index (κ3) is 3.53. The van der Waals surface area contributed by atoms with Gasteiger partial charge >= 0.3 is 0 Å². The Kier molecular flexibility index (Phi) is 4.43. The van der Waals surface area contributed by atoms with Gasteiger partial charge in [-0.3, -0.25) is 9.78 Å². The number of hydrogen-bond donors (Lipinski definition) is 1. The molecule has 1 aliphatic heterocycles. The number of nitrogens with zero attached hydrogens (tertiary/aromatic N) is 5. The van der Waals surface area contributed by atoms with Gasteiger partial charge < -0.3 is 9.80 Å². The molecule has 25 heavy (non-hydrogen) atoms. The van der Waals surface area contributed by atoms with E-state index < -0.39 is 0 Å². The molecule has 128 valence electrons. The number of pyridine rings is 1. The van der Waals surface area contributed by atoms with Crippen molar-refractivity contribution in [1.29, 1.82) is 0 Å². The largest absolute Gasteiger partial charge is 0.353 e. The lowest BCUT2D eigenvalue weighted by atomic mass is 10.3. The van der Waals surface area contributed by atoms with E-state index >= 15 is 0 Å². The van der Waals surface area contributed by atoms with Crippen LogP contribution in [0.1, 0.15) is 10.6 Å². The van der Waals surface area contributed by atoms with Crippen LogP contribution in [-0.2, 0) is 6.42 Å². The lowest BCUT2D eigenvalue weighted by molar-refractivity contribution is 0.626. The second-order valence-electron chi connectivity index (χ2n) is 5.84. The van der Waals surface area contributed by atoms with Crippen LogP contribution >= 0.6 is 11.3 Å². The summed E-state index contributed by atoms with van der Waals surface area (Å²) in [6, 6.07) is 9.88. The van der Waals surface area contributed by atoms with Gasteiger partial charge in [0, 0.05) is 43.7 Å². The molecule has 1 aliphatic rings. The number of H-pyrrole nitrogens is 1. The molecule has 3 aromatic rings. The van der Waals surface area contributed by atoms with Crippen LogP contribution in [0.15, 0.2) is 46.7 Å². The van der Waals surface area contributed by atoms with Gasteiger partial charge in [0.2, 0.25) is 5.95 Å². The van der Waals surface area contributed by atoms with Crippen LogP contribution in [0.5, 0.6) is 0 Å². The zero-order valence-electron chi connectivity index (χ0n) is 13.6. The van der Waals surface area contributed by atoms with Gasteiger partial charge in [0.05, 0.1) is 0 Å². The van der Waals surface area contributed by atoms with Crippen LogP contribution in [0.25, 0.3) is 0 Å². The number of thiophene rings is 1. The van der Waals surface area contributed by atoms with Crippen molar-refractivity contribution in [3.63, 3.8) is 0 Å². The molecule has 0 spiro atoms. The highest BCUT2D eigenvalue weighted by Crippen LogP contribution is 2.15. The Bertz CT molecular complexity index is 872. The molecule has 0 radical (unpaired) electrons. The molecule has 0 saturated carbocycles. The summed E-state index contributed by atoms with van der Waals surface area (Å²) in [5.74, 6) is 1.52. The molecule has 0 bridgehead atoms. The first-order chi connectivity index (χ1) is 12.3. The molecule has 4 rings (SSSR count). The molecule has 1 fully saturated rings. The second-order valence-corrected chi connectivity index (χ2v) is 6.87. The molecule has 0 atom stereocenters. The monoisotopic (exact) mass is 354 g/mol. The molecule has 1 N–H and O–H groups in total. The van der Waals surface area contributed by atoms with Crippen LogP contribution in [0, 0.1) is 0 Å². The SMILES string of the molecule is O=c1[nH]c(N2CCN(c3ccccn3)CC2)nnc1Cc1cccs1. The third-order valence-electron chi connectivity index (χ3n) is 4.23. The quantitative estimate of drug-likeness (QED) is 0.766. The molecule has 0 aliphatic carbocycles. The van der Waals surface area contributed by atoms with Gasteiger partial charge in [-0.2, -0.15) is 0 Å². The van der Waals surface area contributed by atoms with E-state index in [9.17, 15) is 4.79 Å². The number of piperazine rings is 1. The van der Waals surface area contributed by atoms with E-state index in [4.69, 9.17) is 0 Å². The van der Waals surface area contributed by atoms with Crippen LogP contribution in [0.2, 0.25) is 0 Å². The fourth-order valence-electron chi connectivity index (χ4n) is 2.88. The topological polar surface area (TPSA) is 78.0 Å². The van der Waals surface area contributed by atoms with Gasteiger partial charge in [-0.15, -0.1) is 21.5 Å². The van der Waals surface area contributed by atoms with Crippen molar-refractivity contribution in [2.24, 2.45) is 0 Å². The number of rotatable bonds is 4. The number of aromatic amines is 1. The predicted octanol–water partition coefficient (Wildman–Crippen LogP) is 1.54. The zero-order valence-corrected chi connectivity index (χ0v) is 14.4. The molecule has 3 aromatic heterocycles. The molecule has 0 amide bonds. The first kappa shape index (κ1) is 15.8. The lowest BCUT2D eigenvalue weighted by Crippen LogP contribution is -2.48. The number of hydrogen-bond acceptors (Lipinski definition) is 7. The van der Waals surface area contributed by atoms with Crippen molar-refractivity contribution in [2.75, 3.05) is 36.0 Å². The summed E-state index contributed by atoms with van der Waals surface area (Å²) in [7, 11) is 0. The van der Waals surface area contributed by atoms with E-state index in [0.29, 0.717) is 18.1 Å². The average molecular weight is 354 g/mol. The molecular weight excluding hydrogens is 336 g/mol. The number of aromatic nitrogens is 4. The maximum Gasteiger partial charge on any atom is 0.274 e. The molecule has 1 saturated heterocycles. The first-order valence-corrected chi connectivity index (χ1v) is 9.07. The van der Waals surface area contributed by atoms with Crippen LogP contribution in [0.3, 0.4) is 0 Å². The highest BCUT2D eigenvalue weighted by Gasteiger charge is 2.20.